The second-order valence-corrected chi connectivity index (χ2v) is 9.26. The van der Waals surface area contributed by atoms with E-state index in [9.17, 15) is 22.8 Å². The molecule has 1 aliphatic rings. The molecule has 1 saturated carbocycles. The molecule has 1 aromatic heterocycles. The predicted octanol–water partition coefficient (Wildman–Crippen LogP) is 2.08. The van der Waals surface area contributed by atoms with Gasteiger partial charge in [-0.2, -0.15) is 0 Å². The summed E-state index contributed by atoms with van der Waals surface area (Å²) in [5.41, 5.74) is 0.406. The second kappa shape index (κ2) is 8.62. The summed E-state index contributed by atoms with van der Waals surface area (Å²) in [5.74, 6) is -1.51. The highest BCUT2D eigenvalue weighted by Crippen LogP contribution is 2.21. The van der Waals surface area contributed by atoms with Crippen molar-refractivity contribution in [2.24, 2.45) is 0 Å². The van der Waals surface area contributed by atoms with Crippen LogP contribution in [0, 0.1) is 0 Å². The van der Waals surface area contributed by atoms with E-state index < -0.39 is 34.0 Å². The Hall–Kier alpha value is -2.92. The van der Waals surface area contributed by atoms with Gasteiger partial charge in [0.05, 0.1) is 5.56 Å². The number of esters is 1. The molecule has 1 heterocycles. The number of hydrogen-bond donors (Lipinski definition) is 3. The first kappa shape index (κ1) is 20.8. The maximum absolute atomic E-state index is 12.2. The molecule has 1 unspecified atom stereocenters. The minimum absolute atomic E-state index is 0.0939. The Morgan fingerprint density at radius 3 is 2.41 bits per heavy atom. The summed E-state index contributed by atoms with van der Waals surface area (Å²) in [6.07, 6.45) is 0.585. The average Bonchev–Trinajstić information content (AvgIpc) is 3.29. The van der Waals surface area contributed by atoms with E-state index in [1.165, 1.54) is 37.3 Å². The Morgan fingerprint density at radius 1 is 1.14 bits per heavy atom. The maximum atomic E-state index is 12.2. The quantitative estimate of drug-likeness (QED) is 0.569. The first-order valence-electron chi connectivity index (χ1n) is 8.73. The van der Waals surface area contributed by atoms with Gasteiger partial charge in [0.2, 0.25) is 0 Å². The third-order valence-electron chi connectivity index (χ3n) is 3.94. The minimum atomic E-state index is -3.69. The fourth-order valence-corrected chi connectivity index (χ4v) is 4.29. The number of benzene rings is 1. The summed E-state index contributed by atoms with van der Waals surface area (Å²) in [6.45, 7) is 1.35. The summed E-state index contributed by atoms with van der Waals surface area (Å²) in [4.78, 5) is 35.7. The first-order chi connectivity index (χ1) is 13.7. The molecule has 11 heteroatoms. The summed E-state index contributed by atoms with van der Waals surface area (Å²) < 4.78 is 32.0. The Balaban J connectivity index is 1.54. The van der Waals surface area contributed by atoms with E-state index in [0.29, 0.717) is 0 Å². The van der Waals surface area contributed by atoms with E-state index in [2.05, 4.69) is 15.4 Å². The SMILES string of the molecule is CC(OC(=O)c1ccc(NS(=O)(=O)c2cccs2)cc1)C(=O)NC(=O)NC1CC1. The minimum Gasteiger partial charge on any atom is -0.449 e. The molecule has 9 nitrogen and oxygen atoms in total. The molecule has 3 rings (SSSR count). The smallest absolute Gasteiger partial charge is 0.338 e. The van der Waals surface area contributed by atoms with E-state index in [4.69, 9.17) is 4.74 Å². The van der Waals surface area contributed by atoms with Crippen molar-refractivity contribution in [3.05, 3.63) is 47.3 Å². The zero-order valence-corrected chi connectivity index (χ0v) is 17.0. The van der Waals surface area contributed by atoms with Crippen molar-refractivity contribution in [1.29, 1.82) is 0 Å². The van der Waals surface area contributed by atoms with E-state index >= 15 is 0 Å². The molecule has 3 amide bonds. The molecule has 3 N–H and O–H groups in total. The molecule has 1 fully saturated rings. The molecule has 0 radical (unpaired) electrons. The Kier molecular flexibility index (Phi) is 6.18. The van der Waals surface area contributed by atoms with Crippen LogP contribution in [0.4, 0.5) is 10.5 Å². The van der Waals surface area contributed by atoms with Crippen LogP contribution >= 0.6 is 11.3 Å². The monoisotopic (exact) mass is 437 g/mol. The zero-order chi connectivity index (χ0) is 21.0. The first-order valence-corrected chi connectivity index (χ1v) is 11.1. The van der Waals surface area contributed by atoms with Crippen LogP contribution in [0.2, 0.25) is 0 Å². The van der Waals surface area contributed by atoms with Gasteiger partial charge in [0.15, 0.2) is 6.10 Å². The van der Waals surface area contributed by atoms with Crippen LogP contribution in [-0.2, 0) is 19.6 Å². The van der Waals surface area contributed by atoms with Crippen LogP contribution in [-0.4, -0.2) is 38.5 Å². The van der Waals surface area contributed by atoms with Gasteiger partial charge in [0.1, 0.15) is 4.21 Å². The number of nitrogens with one attached hydrogen (secondary N) is 3. The summed E-state index contributed by atoms with van der Waals surface area (Å²) in [6, 6.07) is 8.16. The van der Waals surface area contributed by atoms with Crippen molar-refractivity contribution >= 4 is 45.0 Å². The molecule has 0 aliphatic heterocycles. The number of hydrogen-bond acceptors (Lipinski definition) is 7. The number of amides is 3. The molecule has 1 aliphatic carbocycles. The second-order valence-electron chi connectivity index (χ2n) is 6.40. The zero-order valence-electron chi connectivity index (χ0n) is 15.4. The van der Waals surface area contributed by atoms with Crippen molar-refractivity contribution in [3.8, 4) is 0 Å². The van der Waals surface area contributed by atoms with Gasteiger partial charge in [-0.05, 0) is 55.5 Å². The van der Waals surface area contributed by atoms with Crippen LogP contribution in [0.15, 0.2) is 46.0 Å². The molecule has 29 heavy (non-hydrogen) atoms. The van der Waals surface area contributed by atoms with Gasteiger partial charge in [0, 0.05) is 11.7 Å². The highest BCUT2D eigenvalue weighted by Gasteiger charge is 2.26. The number of carbonyl (C=O) groups is 3. The van der Waals surface area contributed by atoms with Gasteiger partial charge >= 0.3 is 12.0 Å². The van der Waals surface area contributed by atoms with E-state index in [0.717, 1.165) is 24.2 Å². The fourth-order valence-electron chi connectivity index (χ4n) is 2.24. The normalized spacial score (nSPS) is 14.5. The van der Waals surface area contributed by atoms with E-state index in [-0.39, 0.29) is 21.5 Å². The number of thiophene rings is 1. The number of rotatable bonds is 7. The largest absolute Gasteiger partial charge is 0.449 e. The van der Waals surface area contributed by atoms with Crippen LogP contribution in [0.5, 0.6) is 0 Å². The molecule has 1 aromatic carbocycles. The molecular formula is C18H19N3O6S2. The number of sulfonamides is 1. The molecule has 0 saturated heterocycles. The van der Waals surface area contributed by atoms with Crippen molar-refractivity contribution in [2.45, 2.75) is 36.1 Å². The lowest BCUT2D eigenvalue weighted by Crippen LogP contribution is -2.45. The molecule has 0 bridgehead atoms. The van der Waals surface area contributed by atoms with Gasteiger partial charge in [-0.25, -0.2) is 18.0 Å². The van der Waals surface area contributed by atoms with Crippen molar-refractivity contribution in [3.63, 3.8) is 0 Å². The van der Waals surface area contributed by atoms with Crippen LogP contribution in [0.3, 0.4) is 0 Å². The Labute approximate surface area is 171 Å². The molecular weight excluding hydrogens is 418 g/mol. The Bertz CT molecular complexity index is 999. The number of urea groups is 1. The van der Waals surface area contributed by atoms with Crippen molar-refractivity contribution in [2.75, 3.05) is 4.72 Å². The van der Waals surface area contributed by atoms with Gasteiger partial charge in [-0.1, -0.05) is 6.07 Å². The number of ether oxygens (including phenoxy) is 1. The average molecular weight is 437 g/mol. The third kappa shape index (κ3) is 5.78. The van der Waals surface area contributed by atoms with Crippen LogP contribution in [0.1, 0.15) is 30.1 Å². The summed E-state index contributed by atoms with van der Waals surface area (Å²) in [7, 11) is -3.69. The number of imide groups is 1. The molecule has 1 atom stereocenters. The number of anilines is 1. The van der Waals surface area contributed by atoms with Gasteiger partial charge < -0.3 is 10.1 Å². The topological polar surface area (TPSA) is 131 Å². The Morgan fingerprint density at radius 2 is 1.83 bits per heavy atom. The summed E-state index contributed by atoms with van der Waals surface area (Å²) in [5, 5.41) is 6.36. The maximum Gasteiger partial charge on any atom is 0.338 e. The van der Waals surface area contributed by atoms with Crippen LogP contribution in [0.25, 0.3) is 0 Å². The van der Waals surface area contributed by atoms with Gasteiger partial charge in [0.25, 0.3) is 15.9 Å². The van der Waals surface area contributed by atoms with Gasteiger partial charge in [-0.3, -0.25) is 14.8 Å². The lowest BCUT2D eigenvalue weighted by molar-refractivity contribution is -0.127. The molecule has 2 aromatic rings. The van der Waals surface area contributed by atoms with Crippen LogP contribution < -0.4 is 15.4 Å². The fraction of sp³-hybridized carbons (Fsp3) is 0.278. The molecule has 154 valence electrons. The highest BCUT2D eigenvalue weighted by molar-refractivity contribution is 7.94. The lowest BCUT2D eigenvalue weighted by atomic mass is 10.2. The number of carbonyl (C=O) groups excluding carboxylic acids is 3. The highest BCUT2D eigenvalue weighted by atomic mass is 32.2. The predicted molar refractivity (Wildman–Crippen MR) is 106 cm³/mol. The standard InChI is InChI=1S/C18H19N3O6S2/c1-11(16(22)20-18(24)19-13-8-9-13)27-17(23)12-4-6-14(7-5-12)21-29(25,26)15-3-2-10-28-15/h2-7,10-11,13,21H,8-9H2,1H3,(H2,19,20,22,24). The van der Waals surface area contributed by atoms with Crippen molar-refractivity contribution in [1.82, 2.24) is 10.6 Å². The van der Waals surface area contributed by atoms with E-state index in [1.807, 2.05) is 0 Å². The van der Waals surface area contributed by atoms with Gasteiger partial charge in [-0.15, -0.1) is 11.3 Å². The lowest BCUT2D eigenvalue weighted by Gasteiger charge is -2.13. The van der Waals surface area contributed by atoms with E-state index in [1.54, 1.807) is 11.4 Å². The summed E-state index contributed by atoms with van der Waals surface area (Å²) >= 11 is 1.09. The van der Waals surface area contributed by atoms with Crippen molar-refractivity contribution < 1.29 is 27.5 Å². The molecule has 0 spiro atoms. The third-order valence-corrected chi connectivity index (χ3v) is 6.71.